The van der Waals surface area contributed by atoms with Crippen LogP contribution in [-0.4, -0.2) is 0 Å². The third kappa shape index (κ3) is 4.44. The molecule has 0 aliphatic heterocycles. The zero-order valence-electron chi connectivity index (χ0n) is 23.1. The van der Waals surface area contributed by atoms with Crippen molar-refractivity contribution in [3.05, 3.63) is 70.8 Å². The van der Waals surface area contributed by atoms with Gasteiger partial charge in [-0.25, -0.2) is 0 Å². The van der Waals surface area contributed by atoms with Gasteiger partial charge in [0.15, 0.2) is 0 Å². The highest BCUT2D eigenvalue weighted by molar-refractivity contribution is 7.26. The third-order valence-corrected chi connectivity index (χ3v) is 8.19. The Morgan fingerprint density at radius 1 is 0.618 bits per heavy atom. The molecule has 1 heterocycles. The van der Waals surface area contributed by atoms with Crippen LogP contribution in [0.2, 0.25) is 0 Å². The molecule has 0 fully saturated rings. The van der Waals surface area contributed by atoms with Crippen LogP contribution in [0, 0.1) is 0 Å². The van der Waals surface area contributed by atoms with Crippen LogP contribution in [-0.2, 0) is 16.2 Å². The predicted octanol–water partition coefficient (Wildman–Crippen LogP) is 10.7. The molecule has 0 radical (unpaired) electrons. The van der Waals surface area contributed by atoms with Crippen LogP contribution < -0.4 is 0 Å². The largest absolute Gasteiger partial charge is 0.135 e. The fourth-order valence-corrected chi connectivity index (χ4v) is 6.23. The highest BCUT2D eigenvalue weighted by Crippen LogP contribution is 2.47. The molecule has 1 heteroatoms. The van der Waals surface area contributed by atoms with Crippen LogP contribution in [0.3, 0.4) is 0 Å². The molecule has 0 saturated heterocycles. The van der Waals surface area contributed by atoms with Crippen molar-refractivity contribution in [2.75, 3.05) is 0 Å². The average molecular weight is 471 g/mol. The quantitative estimate of drug-likeness (QED) is 0.273. The normalized spacial score (nSPS) is 13.4. The topological polar surface area (TPSA) is 0 Å². The Kier molecular flexibility index (Phi) is 6.05. The van der Waals surface area contributed by atoms with Crippen molar-refractivity contribution in [1.29, 1.82) is 0 Å². The van der Waals surface area contributed by atoms with Crippen molar-refractivity contribution >= 4 is 31.5 Å². The number of hydrogen-bond donors (Lipinski definition) is 0. The van der Waals surface area contributed by atoms with Gasteiger partial charge in [0.2, 0.25) is 0 Å². The summed E-state index contributed by atoms with van der Waals surface area (Å²) < 4.78 is 2.79. The first-order chi connectivity index (χ1) is 15.6. The van der Waals surface area contributed by atoms with E-state index >= 15 is 0 Å². The Morgan fingerprint density at radius 3 is 1.68 bits per heavy atom. The molecule has 4 aromatic rings. The first-order valence-electron chi connectivity index (χ1n) is 12.7. The maximum Gasteiger partial charge on any atom is 0.0361 e. The van der Waals surface area contributed by atoms with E-state index < -0.39 is 0 Å². The molecule has 0 N–H and O–H groups in total. The summed E-state index contributed by atoms with van der Waals surface area (Å²) in [4.78, 5) is 0. The van der Waals surface area contributed by atoms with E-state index in [1.807, 2.05) is 11.3 Å². The van der Waals surface area contributed by atoms with Gasteiger partial charge in [-0.05, 0) is 67.7 Å². The zero-order chi connectivity index (χ0) is 25.2. The minimum absolute atomic E-state index is 0.100. The maximum atomic E-state index is 2.44. The first kappa shape index (κ1) is 25.0. The van der Waals surface area contributed by atoms with E-state index in [1.165, 1.54) is 53.6 Å². The Balaban J connectivity index is 2.16. The monoisotopic (exact) mass is 470 g/mol. The van der Waals surface area contributed by atoms with Gasteiger partial charge in [0.05, 0.1) is 0 Å². The fourth-order valence-electron chi connectivity index (χ4n) is 5.08. The molecule has 0 bridgehead atoms. The lowest BCUT2D eigenvalue weighted by Crippen LogP contribution is -2.16. The summed E-state index contributed by atoms with van der Waals surface area (Å²) in [7, 11) is 0. The maximum absolute atomic E-state index is 2.44. The minimum Gasteiger partial charge on any atom is -0.135 e. The molecule has 1 aromatic heterocycles. The van der Waals surface area contributed by atoms with Crippen molar-refractivity contribution in [1.82, 2.24) is 0 Å². The number of rotatable bonds is 2. The van der Waals surface area contributed by atoms with E-state index in [1.54, 1.807) is 0 Å². The van der Waals surface area contributed by atoms with Crippen molar-refractivity contribution in [2.24, 2.45) is 0 Å². The van der Waals surface area contributed by atoms with Gasteiger partial charge in [-0.15, -0.1) is 11.3 Å². The molecule has 3 aromatic carbocycles. The van der Waals surface area contributed by atoms with E-state index in [0.717, 1.165) is 0 Å². The van der Waals surface area contributed by atoms with Crippen LogP contribution >= 0.6 is 11.3 Å². The molecule has 0 spiro atoms. The number of fused-ring (bicyclic) bond motifs is 3. The summed E-state index contributed by atoms with van der Waals surface area (Å²) in [5.41, 5.74) is 8.84. The Bertz CT molecular complexity index is 1330. The number of thiophene rings is 1. The summed E-state index contributed by atoms with van der Waals surface area (Å²) in [6.07, 6.45) is 0. The second kappa shape index (κ2) is 8.23. The SMILES string of the molecule is CC(C)c1c(C(C)(C)C)ccc2sc3cccc(-c4cc(C(C)(C)C)cc(C(C)(C)C)c4)c3c12. The van der Waals surface area contributed by atoms with E-state index in [2.05, 4.69) is 125 Å². The molecular formula is C33H42S. The van der Waals surface area contributed by atoms with Crippen molar-refractivity contribution < 1.29 is 0 Å². The molecule has 0 unspecified atom stereocenters. The summed E-state index contributed by atoms with van der Waals surface area (Å²) in [6, 6.07) is 18.9. The molecule has 34 heavy (non-hydrogen) atoms. The van der Waals surface area contributed by atoms with Crippen LogP contribution in [0.15, 0.2) is 48.5 Å². The standard InChI is InChI=1S/C33H42S/c1-20(2)28-25(33(9,10)11)15-16-27-30(28)29-24(13-12-14-26(29)34-27)21-17-22(31(3,4)5)19-23(18-21)32(6,7)8/h12-20H,1-11H3. The molecule has 0 aliphatic carbocycles. The van der Waals surface area contributed by atoms with Crippen molar-refractivity contribution in [3.8, 4) is 11.1 Å². The second-order valence-electron chi connectivity index (χ2n) is 13.4. The lowest BCUT2D eigenvalue weighted by Gasteiger charge is -2.27. The predicted molar refractivity (Wildman–Crippen MR) is 155 cm³/mol. The van der Waals surface area contributed by atoms with Crippen LogP contribution in [0.5, 0.6) is 0 Å². The molecule has 0 saturated carbocycles. The molecule has 0 aliphatic rings. The number of benzene rings is 3. The van der Waals surface area contributed by atoms with E-state index in [4.69, 9.17) is 0 Å². The van der Waals surface area contributed by atoms with Gasteiger partial charge in [0, 0.05) is 20.2 Å². The van der Waals surface area contributed by atoms with Crippen molar-refractivity contribution in [3.63, 3.8) is 0 Å². The van der Waals surface area contributed by atoms with Gasteiger partial charge < -0.3 is 0 Å². The van der Waals surface area contributed by atoms with E-state index in [-0.39, 0.29) is 16.2 Å². The summed E-state index contributed by atoms with van der Waals surface area (Å²) in [5.74, 6) is 0.467. The van der Waals surface area contributed by atoms with Gasteiger partial charge in [-0.3, -0.25) is 0 Å². The number of hydrogen-bond acceptors (Lipinski definition) is 1. The van der Waals surface area contributed by atoms with Gasteiger partial charge in [-0.1, -0.05) is 113 Å². The van der Waals surface area contributed by atoms with Crippen LogP contribution in [0.1, 0.15) is 104 Å². The van der Waals surface area contributed by atoms with Gasteiger partial charge >= 0.3 is 0 Å². The average Bonchev–Trinajstić information content (AvgIpc) is 3.09. The lowest BCUT2D eigenvalue weighted by molar-refractivity contribution is 0.569. The molecular weight excluding hydrogens is 428 g/mol. The summed E-state index contributed by atoms with van der Waals surface area (Å²) >= 11 is 1.94. The van der Waals surface area contributed by atoms with E-state index in [0.29, 0.717) is 5.92 Å². The minimum atomic E-state index is 0.100. The third-order valence-electron chi connectivity index (χ3n) is 7.06. The Labute approximate surface area is 211 Å². The zero-order valence-corrected chi connectivity index (χ0v) is 23.9. The molecule has 180 valence electrons. The smallest absolute Gasteiger partial charge is 0.0361 e. The highest BCUT2D eigenvalue weighted by atomic mass is 32.1. The summed E-state index contributed by atoms with van der Waals surface area (Å²) in [5, 5.41) is 2.90. The van der Waals surface area contributed by atoms with Gasteiger partial charge in [0.1, 0.15) is 0 Å². The summed E-state index contributed by atoms with van der Waals surface area (Å²) in [6.45, 7) is 25.7. The highest BCUT2D eigenvalue weighted by Gasteiger charge is 2.26. The first-order valence-corrected chi connectivity index (χ1v) is 13.6. The second-order valence-corrected chi connectivity index (χ2v) is 14.5. The lowest BCUT2D eigenvalue weighted by atomic mass is 9.77. The molecule has 0 amide bonds. The van der Waals surface area contributed by atoms with Crippen LogP contribution in [0.4, 0.5) is 0 Å². The fraction of sp³-hybridized carbons (Fsp3) is 0.455. The van der Waals surface area contributed by atoms with E-state index in [9.17, 15) is 0 Å². The Morgan fingerprint density at radius 2 is 1.18 bits per heavy atom. The Hall–Kier alpha value is -2.12. The molecule has 4 rings (SSSR count). The molecule has 0 nitrogen and oxygen atoms in total. The van der Waals surface area contributed by atoms with Gasteiger partial charge in [0.25, 0.3) is 0 Å². The molecule has 0 atom stereocenters. The van der Waals surface area contributed by atoms with Gasteiger partial charge in [-0.2, -0.15) is 0 Å². The van der Waals surface area contributed by atoms with Crippen LogP contribution in [0.25, 0.3) is 31.3 Å². The van der Waals surface area contributed by atoms with Crippen molar-refractivity contribution in [2.45, 2.75) is 98.3 Å².